The number of benzene rings is 3. The van der Waals surface area contributed by atoms with Gasteiger partial charge in [0.2, 0.25) is 10.0 Å². The maximum absolute atomic E-state index is 12.4. The van der Waals surface area contributed by atoms with Crippen LogP contribution in [0.25, 0.3) is 10.8 Å². The predicted octanol–water partition coefficient (Wildman–Crippen LogP) is 2.12. The molecule has 3 aromatic rings. The van der Waals surface area contributed by atoms with Gasteiger partial charge in [0.25, 0.3) is 5.91 Å². The number of hydrogen-bond donors (Lipinski definition) is 3. The average Bonchev–Trinajstić information content (AvgIpc) is 2.58. The van der Waals surface area contributed by atoms with Gasteiger partial charge >= 0.3 is 0 Å². The highest BCUT2D eigenvalue weighted by atomic mass is 32.2. The Morgan fingerprint density at radius 1 is 1.00 bits per heavy atom. The van der Waals surface area contributed by atoms with Gasteiger partial charge in [-0.05, 0) is 40.6 Å². The van der Waals surface area contributed by atoms with Crippen LogP contribution in [-0.2, 0) is 16.6 Å². The van der Waals surface area contributed by atoms with Gasteiger partial charge in [0.15, 0.2) is 0 Å². The van der Waals surface area contributed by atoms with E-state index in [9.17, 15) is 18.3 Å². The van der Waals surface area contributed by atoms with E-state index >= 15 is 0 Å². The Bertz CT molecular complexity index is 1060. The van der Waals surface area contributed by atoms with Crippen LogP contribution < -0.4 is 10.5 Å². The third-order valence-electron chi connectivity index (χ3n) is 3.79. The Morgan fingerprint density at radius 3 is 2.36 bits per heavy atom. The van der Waals surface area contributed by atoms with E-state index in [4.69, 9.17) is 5.14 Å². The molecule has 3 aromatic carbocycles. The van der Waals surface area contributed by atoms with Crippen molar-refractivity contribution in [3.63, 3.8) is 0 Å². The number of nitrogens with two attached hydrogens (primary N) is 1. The van der Waals surface area contributed by atoms with Crippen molar-refractivity contribution in [3.8, 4) is 5.75 Å². The van der Waals surface area contributed by atoms with Gasteiger partial charge in [-0.1, -0.05) is 36.4 Å². The smallest absolute Gasteiger partial charge is 0.255 e. The number of phenolic OH excluding ortho intramolecular Hbond substituents is 1. The van der Waals surface area contributed by atoms with E-state index in [0.29, 0.717) is 5.56 Å². The number of primary sulfonamides is 1. The predicted molar refractivity (Wildman–Crippen MR) is 94.6 cm³/mol. The van der Waals surface area contributed by atoms with Gasteiger partial charge in [0.1, 0.15) is 5.75 Å². The Morgan fingerprint density at radius 2 is 1.68 bits per heavy atom. The summed E-state index contributed by atoms with van der Waals surface area (Å²) in [6, 6.07) is 16.5. The van der Waals surface area contributed by atoms with Crippen LogP contribution in [0.5, 0.6) is 5.75 Å². The quantitative estimate of drug-likeness (QED) is 0.665. The normalized spacial score (nSPS) is 11.4. The molecular formula is C18H16N2O4S. The molecule has 1 amide bonds. The lowest BCUT2D eigenvalue weighted by molar-refractivity contribution is 0.0948. The average molecular weight is 356 g/mol. The number of rotatable bonds is 4. The molecule has 0 fully saturated rings. The third kappa shape index (κ3) is 3.78. The minimum atomic E-state index is -3.80. The first-order valence-electron chi connectivity index (χ1n) is 7.46. The second-order valence-corrected chi connectivity index (χ2v) is 7.15. The number of aromatic hydroxyl groups is 1. The van der Waals surface area contributed by atoms with Crippen LogP contribution in [0.1, 0.15) is 15.9 Å². The fourth-order valence-electron chi connectivity index (χ4n) is 2.52. The summed E-state index contributed by atoms with van der Waals surface area (Å²) in [6.45, 7) is 0.106. The van der Waals surface area contributed by atoms with Crippen LogP contribution in [0.15, 0.2) is 65.6 Å². The van der Waals surface area contributed by atoms with Gasteiger partial charge in [-0.2, -0.15) is 0 Å². The minimum absolute atomic E-state index is 0.0206. The number of carbonyl (C=O) groups excluding carboxylic acids is 1. The van der Waals surface area contributed by atoms with Crippen molar-refractivity contribution in [2.75, 3.05) is 0 Å². The summed E-state index contributed by atoms with van der Waals surface area (Å²) in [7, 11) is -3.80. The maximum Gasteiger partial charge on any atom is 0.255 e. The summed E-state index contributed by atoms with van der Waals surface area (Å²) in [4.78, 5) is 12.3. The van der Waals surface area contributed by atoms with Crippen molar-refractivity contribution >= 4 is 26.7 Å². The molecule has 25 heavy (non-hydrogen) atoms. The van der Waals surface area contributed by atoms with Gasteiger partial charge in [-0.15, -0.1) is 0 Å². The van der Waals surface area contributed by atoms with E-state index in [1.165, 1.54) is 18.2 Å². The molecule has 0 atom stereocenters. The molecule has 0 aliphatic rings. The largest absolute Gasteiger partial charge is 0.507 e. The van der Waals surface area contributed by atoms with Crippen molar-refractivity contribution in [2.45, 2.75) is 11.4 Å². The summed E-state index contributed by atoms with van der Waals surface area (Å²) in [5.41, 5.74) is 0.737. The molecule has 0 bridgehead atoms. The number of hydrogen-bond acceptors (Lipinski definition) is 4. The first-order chi connectivity index (χ1) is 11.8. The molecule has 128 valence electrons. The molecule has 6 nitrogen and oxygen atoms in total. The lowest BCUT2D eigenvalue weighted by Crippen LogP contribution is -2.23. The standard InChI is InChI=1S/C18H16N2O4S/c19-25(23,24)15-7-3-4-12(8-15)11-20-18(22)16-9-13-5-1-2-6-14(13)10-17(16)21/h1-10,21H,11H2,(H,20,22)(H2,19,23,24). The zero-order valence-electron chi connectivity index (χ0n) is 13.1. The number of carbonyl (C=O) groups is 1. The van der Waals surface area contributed by atoms with E-state index in [1.54, 1.807) is 18.2 Å². The third-order valence-corrected chi connectivity index (χ3v) is 4.70. The van der Waals surface area contributed by atoms with Crippen molar-refractivity contribution in [1.29, 1.82) is 0 Å². The zero-order chi connectivity index (χ0) is 18.0. The zero-order valence-corrected chi connectivity index (χ0v) is 14.0. The first kappa shape index (κ1) is 16.9. The molecule has 0 aromatic heterocycles. The fraction of sp³-hybridized carbons (Fsp3) is 0.0556. The van der Waals surface area contributed by atoms with E-state index in [2.05, 4.69) is 5.32 Å². The van der Waals surface area contributed by atoms with Gasteiger partial charge in [0.05, 0.1) is 10.5 Å². The van der Waals surface area contributed by atoms with Gasteiger partial charge in [0, 0.05) is 6.54 Å². The van der Waals surface area contributed by atoms with Crippen LogP contribution in [0.3, 0.4) is 0 Å². The maximum atomic E-state index is 12.4. The Hall–Kier alpha value is -2.90. The van der Waals surface area contributed by atoms with Crippen LogP contribution in [-0.4, -0.2) is 19.4 Å². The first-order valence-corrected chi connectivity index (χ1v) is 9.01. The van der Waals surface area contributed by atoms with E-state index in [-0.39, 0.29) is 22.8 Å². The second kappa shape index (κ2) is 6.54. The highest BCUT2D eigenvalue weighted by molar-refractivity contribution is 7.89. The number of nitrogens with one attached hydrogen (secondary N) is 1. The van der Waals surface area contributed by atoms with Crippen molar-refractivity contribution in [2.24, 2.45) is 5.14 Å². The van der Waals surface area contributed by atoms with E-state index in [1.807, 2.05) is 24.3 Å². The fourth-order valence-corrected chi connectivity index (χ4v) is 3.10. The van der Waals surface area contributed by atoms with Gasteiger partial charge in [-0.25, -0.2) is 13.6 Å². The molecule has 0 saturated heterocycles. The summed E-state index contributed by atoms with van der Waals surface area (Å²) >= 11 is 0. The number of phenols is 1. The molecule has 0 radical (unpaired) electrons. The SMILES string of the molecule is NS(=O)(=O)c1cccc(CNC(=O)c2cc3ccccc3cc2O)c1. The lowest BCUT2D eigenvalue weighted by atomic mass is 10.1. The molecule has 0 aliphatic carbocycles. The second-order valence-electron chi connectivity index (χ2n) is 5.59. The van der Waals surface area contributed by atoms with E-state index in [0.717, 1.165) is 10.8 Å². The van der Waals surface area contributed by atoms with Gasteiger partial charge < -0.3 is 10.4 Å². The highest BCUT2D eigenvalue weighted by Gasteiger charge is 2.13. The Kier molecular flexibility index (Phi) is 4.43. The van der Waals surface area contributed by atoms with E-state index < -0.39 is 15.9 Å². The summed E-state index contributed by atoms with van der Waals surface area (Å²) in [6.07, 6.45) is 0. The molecule has 0 spiro atoms. The van der Waals surface area contributed by atoms with Crippen molar-refractivity contribution in [1.82, 2.24) is 5.32 Å². The van der Waals surface area contributed by atoms with Crippen LogP contribution in [0.2, 0.25) is 0 Å². The number of amides is 1. The van der Waals surface area contributed by atoms with Crippen LogP contribution in [0.4, 0.5) is 0 Å². The lowest BCUT2D eigenvalue weighted by Gasteiger charge is -2.09. The molecule has 0 heterocycles. The molecule has 0 saturated carbocycles. The number of fused-ring (bicyclic) bond motifs is 1. The summed E-state index contributed by atoms with van der Waals surface area (Å²) in [5, 5.41) is 19.5. The Balaban J connectivity index is 1.80. The number of sulfonamides is 1. The molecule has 0 aliphatic heterocycles. The molecule has 7 heteroatoms. The molecule has 0 unspecified atom stereocenters. The monoisotopic (exact) mass is 356 g/mol. The summed E-state index contributed by atoms with van der Waals surface area (Å²) in [5.74, 6) is -0.571. The van der Waals surface area contributed by atoms with Crippen LogP contribution >= 0.6 is 0 Å². The van der Waals surface area contributed by atoms with Crippen LogP contribution in [0, 0.1) is 0 Å². The van der Waals surface area contributed by atoms with Crippen molar-refractivity contribution < 1.29 is 18.3 Å². The molecular weight excluding hydrogens is 340 g/mol. The highest BCUT2D eigenvalue weighted by Crippen LogP contribution is 2.25. The molecule has 4 N–H and O–H groups in total. The van der Waals surface area contributed by atoms with Crippen molar-refractivity contribution in [3.05, 3.63) is 71.8 Å². The molecule has 3 rings (SSSR count). The Labute approximate surface area is 145 Å². The minimum Gasteiger partial charge on any atom is -0.507 e. The topological polar surface area (TPSA) is 109 Å². The van der Waals surface area contributed by atoms with Gasteiger partial charge in [-0.3, -0.25) is 4.79 Å². The summed E-state index contributed by atoms with van der Waals surface area (Å²) < 4.78 is 22.7.